The molecular formula is C11H12ClN5O2. The van der Waals surface area contributed by atoms with Gasteiger partial charge in [0.15, 0.2) is 11.5 Å². The van der Waals surface area contributed by atoms with Crippen molar-refractivity contribution in [2.24, 2.45) is 0 Å². The van der Waals surface area contributed by atoms with Gasteiger partial charge in [-0.1, -0.05) is 11.6 Å². The Morgan fingerprint density at radius 2 is 2.11 bits per heavy atom. The molecule has 1 aliphatic rings. The van der Waals surface area contributed by atoms with Gasteiger partial charge in [-0.3, -0.25) is 0 Å². The summed E-state index contributed by atoms with van der Waals surface area (Å²) in [4.78, 5) is 12.4. The number of nitrogens with one attached hydrogen (secondary N) is 1. The third-order valence-corrected chi connectivity index (χ3v) is 3.53. The van der Waals surface area contributed by atoms with Crippen LogP contribution in [0.5, 0.6) is 0 Å². The molecule has 3 atom stereocenters. The Bertz CT molecular complexity index is 656. The zero-order valence-corrected chi connectivity index (χ0v) is 10.8. The van der Waals surface area contributed by atoms with E-state index in [0.29, 0.717) is 22.0 Å². The molecule has 0 aromatic carbocycles. The number of nitrogens with zero attached hydrogens (tertiary/aromatic N) is 4. The number of halogens is 1. The molecule has 0 saturated heterocycles. The van der Waals surface area contributed by atoms with Crippen LogP contribution in [0.4, 0.5) is 5.82 Å². The van der Waals surface area contributed by atoms with Crippen molar-refractivity contribution in [2.75, 3.05) is 12.4 Å². The Balaban J connectivity index is 2.14. The van der Waals surface area contributed by atoms with Crippen LogP contribution in [-0.4, -0.2) is 49.0 Å². The number of anilines is 1. The van der Waals surface area contributed by atoms with Gasteiger partial charge in [0, 0.05) is 12.1 Å². The van der Waals surface area contributed by atoms with Gasteiger partial charge in [0.05, 0.1) is 6.33 Å². The van der Waals surface area contributed by atoms with Crippen LogP contribution in [-0.2, 0) is 0 Å². The molecule has 0 bridgehead atoms. The first-order chi connectivity index (χ1) is 9.13. The topological polar surface area (TPSA) is 96.1 Å². The molecule has 3 N–H and O–H groups in total. The molecule has 0 aliphatic heterocycles. The Morgan fingerprint density at radius 3 is 2.74 bits per heavy atom. The van der Waals surface area contributed by atoms with E-state index in [4.69, 9.17) is 11.6 Å². The summed E-state index contributed by atoms with van der Waals surface area (Å²) in [6.07, 6.45) is 2.35. The summed E-state index contributed by atoms with van der Waals surface area (Å²) >= 11 is 6.07. The normalized spacial score (nSPS) is 26.7. The molecule has 2 aromatic heterocycles. The molecule has 1 unspecified atom stereocenters. The smallest absolute Gasteiger partial charge is 0.166 e. The lowest BCUT2D eigenvalue weighted by Gasteiger charge is -2.19. The van der Waals surface area contributed by atoms with E-state index < -0.39 is 18.2 Å². The Hall–Kier alpha value is -1.70. The minimum Gasteiger partial charge on any atom is -0.388 e. The molecule has 19 heavy (non-hydrogen) atoms. The largest absolute Gasteiger partial charge is 0.388 e. The summed E-state index contributed by atoms with van der Waals surface area (Å²) in [7, 11) is 1.74. The number of aliphatic hydroxyl groups is 2. The highest BCUT2D eigenvalue weighted by Gasteiger charge is 2.36. The number of fused-ring (bicyclic) bond motifs is 1. The van der Waals surface area contributed by atoms with Crippen LogP contribution < -0.4 is 5.32 Å². The Morgan fingerprint density at radius 1 is 1.32 bits per heavy atom. The van der Waals surface area contributed by atoms with Gasteiger partial charge in [-0.25, -0.2) is 15.0 Å². The van der Waals surface area contributed by atoms with E-state index in [1.54, 1.807) is 11.6 Å². The van der Waals surface area contributed by atoms with Gasteiger partial charge >= 0.3 is 0 Å². The van der Waals surface area contributed by atoms with Crippen LogP contribution in [0.25, 0.3) is 11.2 Å². The van der Waals surface area contributed by atoms with Crippen molar-refractivity contribution in [3.63, 3.8) is 0 Å². The van der Waals surface area contributed by atoms with Gasteiger partial charge in [0.25, 0.3) is 0 Å². The summed E-state index contributed by atoms with van der Waals surface area (Å²) in [5.41, 5.74) is 1.13. The molecule has 0 amide bonds. The molecule has 0 spiro atoms. The van der Waals surface area contributed by atoms with Crippen LogP contribution in [0, 0.1) is 0 Å². The average Bonchev–Trinajstić information content (AvgIpc) is 2.92. The number of hydrogen-bond acceptors (Lipinski definition) is 6. The second kappa shape index (κ2) is 4.44. The number of hydrogen-bond donors (Lipinski definition) is 3. The maximum atomic E-state index is 9.99. The van der Waals surface area contributed by atoms with Crippen molar-refractivity contribution in [1.82, 2.24) is 19.5 Å². The van der Waals surface area contributed by atoms with E-state index >= 15 is 0 Å². The van der Waals surface area contributed by atoms with Gasteiger partial charge in [-0.05, 0) is 6.08 Å². The second-order valence-corrected chi connectivity index (χ2v) is 4.71. The summed E-state index contributed by atoms with van der Waals surface area (Å²) < 4.78 is 1.64. The van der Waals surface area contributed by atoms with E-state index in [1.165, 1.54) is 18.7 Å². The lowest BCUT2D eigenvalue weighted by Crippen LogP contribution is -2.28. The van der Waals surface area contributed by atoms with Gasteiger partial charge in [-0.2, -0.15) is 0 Å². The predicted molar refractivity (Wildman–Crippen MR) is 69.9 cm³/mol. The number of imidazole rings is 1. The first kappa shape index (κ1) is 12.3. The van der Waals surface area contributed by atoms with Crippen LogP contribution >= 0.6 is 11.6 Å². The van der Waals surface area contributed by atoms with Gasteiger partial charge in [0.1, 0.15) is 30.1 Å². The summed E-state index contributed by atoms with van der Waals surface area (Å²) in [5, 5.41) is 22.9. The number of aliphatic hydroxyl groups excluding tert-OH is 2. The second-order valence-electron chi connectivity index (χ2n) is 4.27. The van der Waals surface area contributed by atoms with Gasteiger partial charge < -0.3 is 20.1 Å². The van der Waals surface area contributed by atoms with Crippen molar-refractivity contribution < 1.29 is 10.2 Å². The van der Waals surface area contributed by atoms with Crippen LogP contribution in [0.1, 0.15) is 6.04 Å². The number of aromatic nitrogens is 4. The first-order valence-corrected chi connectivity index (χ1v) is 6.10. The average molecular weight is 282 g/mol. The quantitative estimate of drug-likeness (QED) is 0.731. The van der Waals surface area contributed by atoms with Gasteiger partial charge in [0.2, 0.25) is 0 Å². The Labute approximate surface area is 113 Å². The minimum atomic E-state index is -1.02. The molecule has 0 fully saturated rings. The zero-order chi connectivity index (χ0) is 13.6. The fourth-order valence-corrected chi connectivity index (χ4v) is 2.61. The van der Waals surface area contributed by atoms with Gasteiger partial charge in [-0.15, -0.1) is 0 Å². The van der Waals surface area contributed by atoms with E-state index in [2.05, 4.69) is 20.3 Å². The molecule has 2 heterocycles. The monoisotopic (exact) mass is 281 g/mol. The number of rotatable bonds is 2. The van der Waals surface area contributed by atoms with E-state index in [-0.39, 0.29) is 0 Å². The maximum absolute atomic E-state index is 9.99. The minimum absolute atomic E-state index is 0.365. The highest BCUT2D eigenvalue weighted by atomic mass is 35.5. The molecule has 1 aliphatic carbocycles. The SMILES string of the molecule is CNc1ncnc2c1ncn2C1C(Cl)=C[C@H](O)[C@H]1O. The first-order valence-electron chi connectivity index (χ1n) is 5.72. The van der Waals surface area contributed by atoms with E-state index in [1.807, 2.05) is 0 Å². The lowest BCUT2D eigenvalue weighted by atomic mass is 10.2. The predicted octanol–water partition coefficient (Wildman–Crippen LogP) is 0.267. The van der Waals surface area contributed by atoms with Crippen molar-refractivity contribution in [3.8, 4) is 0 Å². The fourth-order valence-electron chi connectivity index (χ4n) is 2.25. The zero-order valence-electron chi connectivity index (χ0n) is 10.0. The summed E-state index contributed by atoms with van der Waals surface area (Å²) in [5.74, 6) is 0.594. The van der Waals surface area contributed by atoms with Crippen LogP contribution in [0.2, 0.25) is 0 Å². The summed E-state index contributed by atoms with van der Waals surface area (Å²) in [6, 6.07) is -0.582. The van der Waals surface area contributed by atoms with E-state index in [0.717, 1.165) is 0 Å². The molecular weight excluding hydrogens is 270 g/mol. The highest BCUT2D eigenvalue weighted by molar-refractivity contribution is 6.30. The molecule has 2 aromatic rings. The van der Waals surface area contributed by atoms with Crippen LogP contribution in [0.15, 0.2) is 23.8 Å². The van der Waals surface area contributed by atoms with Crippen molar-refractivity contribution in [3.05, 3.63) is 23.8 Å². The standard InChI is InChI=1S/C11H12ClN5O2/c1-13-10-7-11(15-3-14-10)17(4-16-7)8-5(12)2-6(18)9(8)19/h2-4,6,8-9,18-19H,1H3,(H,13,14,15)/t6-,8?,9+/m0/s1. The van der Waals surface area contributed by atoms with Crippen molar-refractivity contribution in [1.29, 1.82) is 0 Å². The maximum Gasteiger partial charge on any atom is 0.166 e. The lowest BCUT2D eigenvalue weighted by molar-refractivity contribution is 0.0370. The molecule has 3 rings (SSSR count). The molecule has 0 radical (unpaired) electrons. The molecule has 7 nitrogen and oxygen atoms in total. The van der Waals surface area contributed by atoms with Crippen molar-refractivity contribution in [2.45, 2.75) is 18.2 Å². The van der Waals surface area contributed by atoms with E-state index in [9.17, 15) is 10.2 Å². The third-order valence-electron chi connectivity index (χ3n) is 3.18. The summed E-state index contributed by atoms with van der Waals surface area (Å²) in [6.45, 7) is 0. The molecule has 8 heteroatoms. The van der Waals surface area contributed by atoms with Crippen LogP contribution in [0.3, 0.4) is 0 Å². The fraction of sp³-hybridized carbons (Fsp3) is 0.364. The Kier molecular flexibility index (Phi) is 2.89. The van der Waals surface area contributed by atoms with Crippen molar-refractivity contribution >= 4 is 28.6 Å². The molecule has 0 saturated carbocycles. The molecule has 100 valence electrons. The third kappa shape index (κ3) is 1.78. The highest BCUT2D eigenvalue weighted by Crippen LogP contribution is 2.35.